The average molecular weight is 352 g/mol. The first-order chi connectivity index (χ1) is 12.6. The molecule has 0 atom stereocenters. The lowest BCUT2D eigenvalue weighted by Gasteiger charge is -2.23. The van der Waals surface area contributed by atoms with E-state index < -0.39 is 5.82 Å². The molecule has 2 aromatic heterocycles. The van der Waals surface area contributed by atoms with Gasteiger partial charge in [-0.15, -0.1) is 0 Å². The maximum absolute atomic E-state index is 13.8. The molecule has 0 bridgehead atoms. The summed E-state index contributed by atoms with van der Waals surface area (Å²) in [5.74, 6) is 0.697. The second-order valence-electron chi connectivity index (χ2n) is 7.03. The van der Waals surface area contributed by atoms with Crippen LogP contribution in [0.1, 0.15) is 37.4 Å². The van der Waals surface area contributed by atoms with E-state index in [1.54, 1.807) is 12.3 Å². The van der Waals surface area contributed by atoms with Crippen molar-refractivity contribution in [1.29, 1.82) is 0 Å². The van der Waals surface area contributed by atoms with Gasteiger partial charge in [-0.1, -0.05) is 0 Å². The highest BCUT2D eigenvalue weighted by Crippen LogP contribution is 2.36. The Kier molecular flexibility index (Phi) is 3.33. The van der Waals surface area contributed by atoms with E-state index in [0.29, 0.717) is 16.2 Å². The normalized spacial score (nSPS) is 21.0. The number of aromatic nitrogens is 4. The molecule has 0 spiro atoms. The van der Waals surface area contributed by atoms with Crippen molar-refractivity contribution in [3.8, 4) is 0 Å². The Morgan fingerprint density at radius 2 is 1.92 bits per heavy atom. The Balaban J connectivity index is 1.85. The first-order valence-electron chi connectivity index (χ1n) is 8.78. The Labute approximate surface area is 147 Å². The van der Waals surface area contributed by atoms with E-state index >= 15 is 0 Å². The molecule has 0 unspecified atom stereocenters. The number of aromatic amines is 2. The van der Waals surface area contributed by atoms with Gasteiger partial charge in [-0.2, -0.15) is 5.10 Å². The van der Waals surface area contributed by atoms with Crippen molar-refractivity contribution in [1.82, 2.24) is 20.2 Å². The van der Waals surface area contributed by atoms with E-state index in [4.69, 9.17) is 4.98 Å². The monoisotopic (exact) mass is 352 g/mol. The lowest BCUT2D eigenvalue weighted by molar-refractivity contribution is 0.121. The van der Waals surface area contributed by atoms with Crippen molar-refractivity contribution in [3.63, 3.8) is 0 Å². The van der Waals surface area contributed by atoms with Gasteiger partial charge in [0.25, 0.3) is 5.56 Å². The molecule has 132 valence electrons. The third-order valence-electron chi connectivity index (χ3n) is 5.44. The van der Waals surface area contributed by atoms with Gasteiger partial charge in [0.1, 0.15) is 11.6 Å². The van der Waals surface area contributed by atoms with E-state index in [1.165, 1.54) is 12.1 Å². The number of aliphatic hydroxyl groups excluding tert-OH is 1. The highest BCUT2D eigenvalue weighted by Gasteiger charge is 2.24. The molecule has 5 rings (SSSR count). The molecule has 4 aromatic rings. The third kappa shape index (κ3) is 2.24. The van der Waals surface area contributed by atoms with Gasteiger partial charge >= 0.3 is 0 Å². The Morgan fingerprint density at radius 1 is 1.12 bits per heavy atom. The van der Waals surface area contributed by atoms with Crippen LogP contribution >= 0.6 is 0 Å². The molecule has 0 radical (unpaired) electrons. The molecular formula is C19H17FN4O2. The van der Waals surface area contributed by atoms with Crippen LogP contribution in [0.3, 0.4) is 0 Å². The average Bonchev–Trinajstić information content (AvgIpc) is 3.08. The number of nitrogens with zero attached hydrogens (tertiary/aromatic N) is 2. The molecule has 6 nitrogen and oxygen atoms in total. The largest absolute Gasteiger partial charge is 0.393 e. The number of imidazole rings is 1. The predicted octanol–water partition coefficient (Wildman–Crippen LogP) is 3.11. The summed E-state index contributed by atoms with van der Waals surface area (Å²) in [6.07, 6.45) is 4.60. The highest BCUT2D eigenvalue weighted by molar-refractivity contribution is 6.22. The molecule has 1 aliphatic rings. The van der Waals surface area contributed by atoms with E-state index in [1.807, 2.05) is 0 Å². The Bertz CT molecular complexity index is 1210. The van der Waals surface area contributed by atoms with Gasteiger partial charge in [0.15, 0.2) is 0 Å². The van der Waals surface area contributed by atoms with E-state index in [0.717, 1.165) is 47.9 Å². The smallest absolute Gasteiger partial charge is 0.272 e. The molecule has 1 fully saturated rings. The minimum Gasteiger partial charge on any atom is -0.393 e. The van der Waals surface area contributed by atoms with E-state index in [2.05, 4.69) is 15.2 Å². The molecule has 7 heteroatoms. The molecule has 2 aromatic carbocycles. The molecule has 1 saturated carbocycles. The number of hydrogen-bond acceptors (Lipinski definition) is 4. The topological polar surface area (TPSA) is 94.7 Å². The van der Waals surface area contributed by atoms with Crippen LogP contribution in [-0.4, -0.2) is 31.4 Å². The van der Waals surface area contributed by atoms with Crippen molar-refractivity contribution >= 4 is 32.6 Å². The van der Waals surface area contributed by atoms with Crippen LogP contribution in [0.2, 0.25) is 0 Å². The number of fused-ring (bicyclic) bond motifs is 6. The standard InChI is InChI=1S/C19H17FN4O2/c20-10-3-6-12-13(7-10)15-14(8-21-24-19(15)26)17-16(12)22-18(23-17)9-1-4-11(25)5-2-9/h3,6-9,11,25H,1-2,4-5H2,(H,22,23)(H,24,26). The fraction of sp³-hybridized carbons (Fsp3) is 0.316. The van der Waals surface area contributed by atoms with Gasteiger partial charge in [0.05, 0.1) is 28.7 Å². The minimum atomic E-state index is -0.397. The van der Waals surface area contributed by atoms with Crippen LogP contribution < -0.4 is 5.56 Å². The summed E-state index contributed by atoms with van der Waals surface area (Å²) in [4.78, 5) is 20.6. The summed E-state index contributed by atoms with van der Waals surface area (Å²) in [6, 6.07) is 4.42. The third-order valence-corrected chi connectivity index (χ3v) is 5.44. The lowest BCUT2D eigenvalue weighted by Crippen LogP contribution is -2.17. The van der Waals surface area contributed by atoms with Gasteiger partial charge in [0.2, 0.25) is 0 Å². The second kappa shape index (κ2) is 5.60. The van der Waals surface area contributed by atoms with Gasteiger partial charge < -0.3 is 10.1 Å². The van der Waals surface area contributed by atoms with Crippen molar-refractivity contribution in [2.75, 3.05) is 0 Å². The highest BCUT2D eigenvalue weighted by atomic mass is 19.1. The minimum absolute atomic E-state index is 0.233. The molecule has 0 saturated heterocycles. The maximum Gasteiger partial charge on any atom is 0.272 e. The molecule has 3 N–H and O–H groups in total. The Morgan fingerprint density at radius 3 is 2.73 bits per heavy atom. The van der Waals surface area contributed by atoms with Crippen molar-refractivity contribution in [3.05, 3.63) is 46.4 Å². The van der Waals surface area contributed by atoms with Crippen molar-refractivity contribution in [2.24, 2.45) is 0 Å². The number of hydrogen-bond donors (Lipinski definition) is 3. The molecule has 0 amide bonds. The zero-order valence-corrected chi connectivity index (χ0v) is 13.9. The fourth-order valence-corrected chi connectivity index (χ4v) is 4.11. The van der Waals surface area contributed by atoms with Crippen molar-refractivity contribution in [2.45, 2.75) is 37.7 Å². The van der Waals surface area contributed by atoms with Crippen LogP contribution in [-0.2, 0) is 0 Å². The SMILES string of the molecule is O=c1[nH]ncc2c3[nH]c(C4CCC(O)CC4)nc3c3ccc(F)cc3c12. The molecule has 1 aliphatic carbocycles. The Hall–Kier alpha value is -2.80. The van der Waals surface area contributed by atoms with Crippen LogP contribution in [0.5, 0.6) is 0 Å². The van der Waals surface area contributed by atoms with E-state index in [9.17, 15) is 14.3 Å². The lowest BCUT2D eigenvalue weighted by atomic mass is 9.87. The van der Waals surface area contributed by atoms with Crippen LogP contribution in [0.4, 0.5) is 4.39 Å². The van der Waals surface area contributed by atoms with Crippen LogP contribution in [0, 0.1) is 5.82 Å². The van der Waals surface area contributed by atoms with Crippen LogP contribution in [0.25, 0.3) is 32.6 Å². The number of benzene rings is 2. The van der Waals surface area contributed by atoms with E-state index in [-0.39, 0.29) is 17.6 Å². The van der Waals surface area contributed by atoms with Gasteiger partial charge in [-0.25, -0.2) is 14.5 Å². The summed E-state index contributed by atoms with van der Waals surface area (Å²) in [5.41, 5.74) is 1.12. The summed E-state index contributed by atoms with van der Waals surface area (Å²) in [7, 11) is 0. The summed E-state index contributed by atoms with van der Waals surface area (Å²) < 4.78 is 13.8. The van der Waals surface area contributed by atoms with Crippen molar-refractivity contribution < 1.29 is 9.50 Å². The fourth-order valence-electron chi connectivity index (χ4n) is 4.11. The predicted molar refractivity (Wildman–Crippen MR) is 96.7 cm³/mol. The zero-order valence-electron chi connectivity index (χ0n) is 13.9. The molecule has 2 heterocycles. The second-order valence-corrected chi connectivity index (χ2v) is 7.03. The summed E-state index contributed by atoms with van der Waals surface area (Å²) in [6.45, 7) is 0. The van der Waals surface area contributed by atoms with Gasteiger partial charge in [-0.05, 0) is 43.9 Å². The number of aliphatic hydroxyl groups is 1. The quantitative estimate of drug-likeness (QED) is 0.459. The number of H-pyrrole nitrogens is 2. The first-order valence-corrected chi connectivity index (χ1v) is 8.78. The maximum atomic E-state index is 13.8. The zero-order chi connectivity index (χ0) is 17.8. The molecule has 0 aliphatic heterocycles. The van der Waals surface area contributed by atoms with Gasteiger partial charge in [0, 0.05) is 22.1 Å². The van der Waals surface area contributed by atoms with Crippen LogP contribution in [0.15, 0.2) is 29.2 Å². The number of rotatable bonds is 1. The molecule has 26 heavy (non-hydrogen) atoms. The number of halogens is 1. The summed E-state index contributed by atoms with van der Waals surface area (Å²) >= 11 is 0. The summed E-state index contributed by atoms with van der Waals surface area (Å²) in [5, 5.41) is 18.4. The number of nitrogens with one attached hydrogen (secondary N) is 2. The molecular weight excluding hydrogens is 335 g/mol. The first kappa shape index (κ1) is 15.5. The van der Waals surface area contributed by atoms with Gasteiger partial charge in [-0.3, -0.25) is 4.79 Å².